The van der Waals surface area contributed by atoms with Crippen molar-refractivity contribution in [2.75, 3.05) is 25.0 Å². The second-order valence-electron chi connectivity index (χ2n) is 5.50. The normalized spacial score (nSPS) is 15.6. The zero-order valence-electron chi connectivity index (χ0n) is 12.7. The van der Waals surface area contributed by atoms with E-state index in [-0.39, 0.29) is 11.8 Å². The number of nitrogens with zero attached hydrogens (tertiary/aromatic N) is 3. The van der Waals surface area contributed by atoms with E-state index in [1.165, 1.54) is 0 Å². The summed E-state index contributed by atoms with van der Waals surface area (Å²) in [5, 5.41) is 2.74. The minimum absolute atomic E-state index is 0.117. The Hall–Kier alpha value is -2.43. The van der Waals surface area contributed by atoms with E-state index >= 15 is 0 Å². The molecular weight excluding hydrogens is 276 g/mol. The molecule has 5 nitrogen and oxygen atoms in total. The topological polar surface area (TPSA) is 58.1 Å². The summed E-state index contributed by atoms with van der Waals surface area (Å²) in [4.78, 5) is 22.7. The zero-order valence-corrected chi connectivity index (χ0v) is 12.7. The number of anilines is 1. The second-order valence-corrected chi connectivity index (χ2v) is 5.50. The van der Waals surface area contributed by atoms with Crippen LogP contribution in [0.5, 0.6) is 0 Å². The van der Waals surface area contributed by atoms with E-state index in [1.807, 2.05) is 24.4 Å². The molecule has 1 fully saturated rings. The molecule has 1 aromatic heterocycles. The maximum absolute atomic E-state index is 11.7. The van der Waals surface area contributed by atoms with E-state index < -0.39 is 0 Å². The average molecular weight is 296 g/mol. The molecule has 1 aliphatic heterocycles. The number of nitrogens with one attached hydrogen (secondary N) is 1. The van der Waals surface area contributed by atoms with E-state index in [4.69, 9.17) is 0 Å². The van der Waals surface area contributed by atoms with Crippen LogP contribution in [0.4, 0.5) is 5.69 Å². The maximum Gasteiger partial charge on any atom is 0.222 e. The molecule has 5 heteroatoms. The van der Waals surface area contributed by atoms with E-state index in [2.05, 4.69) is 32.3 Å². The van der Waals surface area contributed by atoms with E-state index in [0.29, 0.717) is 0 Å². The van der Waals surface area contributed by atoms with Crippen molar-refractivity contribution in [1.29, 1.82) is 0 Å². The van der Waals surface area contributed by atoms with Gasteiger partial charge in [0.1, 0.15) is 6.33 Å². The molecular formula is C17H20N4O. The van der Waals surface area contributed by atoms with E-state index in [1.54, 1.807) is 13.4 Å². The molecule has 0 saturated carbocycles. The SMILES string of the molecule is CNC(=O)C1CCN(c2cncnc2-c2ccccc2)CC1. The van der Waals surface area contributed by atoms with Gasteiger partial charge in [-0.1, -0.05) is 30.3 Å². The first-order valence-corrected chi connectivity index (χ1v) is 7.61. The standard InChI is InChI=1S/C17H20N4O/c1-18-17(22)14-7-9-21(10-8-14)15-11-19-12-20-16(15)13-5-3-2-4-6-13/h2-6,11-12,14H,7-10H2,1H3,(H,18,22). The van der Waals surface area contributed by atoms with Gasteiger partial charge in [-0.3, -0.25) is 4.79 Å². The van der Waals surface area contributed by atoms with Crippen LogP contribution in [0.15, 0.2) is 42.9 Å². The number of carbonyl (C=O) groups is 1. The van der Waals surface area contributed by atoms with Gasteiger partial charge in [0.2, 0.25) is 5.91 Å². The third-order valence-electron chi connectivity index (χ3n) is 4.19. The van der Waals surface area contributed by atoms with Crippen LogP contribution in [-0.4, -0.2) is 36.0 Å². The number of piperidine rings is 1. The third-order valence-corrected chi connectivity index (χ3v) is 4.19. The van der Waals surface area contributed by atoms with Crippen LogP contribution in [-0.2, 0) is 4.79 Å². The van der Waals surface area contributed by atoms with Crippen LogP contribution in [0.3, 0.4) is 0 Å². The first-order chi connectivity index (χ1) is 10.8. The van der Waals surface area contributed by atoms with Crippen LogP contribution in [0.25, 0.3) is 11.3 Å². The number of aromatic nitrogens is 2. The second kappa shape index (κ2) is 6.56. The minimum Gasteiger partial charge on any atom is -0.368 e. The van der Waals surface area contributed by atoms with Crippen LogP contribution in [0.2, 0.25) is 0 Å². The van der Waals surface area contributed by atoms with Crippen LogP contribution >= 0.6 is 0 Å². The van der Waals surface area contributed by atoms with Gasteiger partial charge in [-0.25, -0.2) is 9.97 Å². The molecule has 0 atom stereocenters. The Balaban J connectivity index is 1.81. The van der Waals surface area contributed by atoms with Crippen LogP contribution in [0.1, 0.15) is 12.8 Å². The van der Waals surface area contributed by atoms with Gasteiger partial charge < -0.3 is 10.2 Å². The highest BCUT2D eigenvalue weighted by Gasteiger charge is 2.25. The number of hydrogen-bond donors (Lipinski definition) is 1. The lowest BCUT2D eigenvalue weighted by Gasteiger charge is -2.33. The fraction of sp³-hybridized carbons (Fsp3) is 0.353. The molecule has 1 saturated heterocycles. The van der Waals surface area contributed by atoms with Gasteiger partial charge >= 0.3 is 0 Å². The summed E-state index contributed by atoms with van der Waals surface area (Å²) in [6.07, 6.45) is 5.18. The molecule has 1 N–H and O–H groups in total. The third kappa shape index (κ3) is 2.93. The van der Waals surface area contributed by atoms with Gasteiger partial charge in [0, 0.05) is 31.6 Å². The minimum atomic E-state index is 0.117. The maximum atomic E-state index is 11.7. The predicted molar refractivity (Wildman–Crippen MR) is 86.5 cm³/mol. The van der Waals surface area contributed by atoms with Crippen molar-refractivity contribution < 1.29 is 4.79 Å². The highest BCUT2D eigenvalue weighted by Crippen LogP contribution is 2.30. The van der Waals surface area contributed by atoms with Gasteiger partial charge in [-0.05, 0) is 12.8 Å². The quantitative estimate of drug-likeness (QED) is 0.942. The molecule has 0 radical (unpaired) electrons. The molecule has 0 unspecified atom stereocenters. The summed E-state index contributed by atoms with van der Waals surface area (Å²) in [5.41, 5.74) is 3.09. The molecule has 2 aromatic rings. The molecule has 1 aliphatic rings. The highest BCUT2D eigenvalue weighted by atomic mass is 16.1. The summed E-state index contributed by atoms with van der Waals surface area (Å²) in [6.45, 7) is 1.70. The Morgan fingerprint density at radius 3 is 2.64 bits per heavy atom. The van der Waals surface area contributed by atoms with Gasteiger partial charge in [0.25, 0.3) is 0 Å². The number of rotatable bonds is 3. The predicted octanol–water partition coefficient (Wildman–Crippen LogP) is 2.11. The van der Waals surface area contributed by atoms with Crippen molar-refractivity contribution >= 4 is 11.6 Å². The molecule has 2 heterocycles. The van der Waals surface area contributed by atoms with Crippen molar-refractivity contribution in [3.05, 3.63) is 42.9 Å². The first-order valence-electron chi connectivity index (χ1n) is 7.61. The fourth-order valence-electron chi connectivity index (χ4n) is 2.96. The van der Waals surface area contributed by atoms with E-state index in [9.17, 15) is 4.79 Å². The summed E-state index contributed by atoms with van der Waals surface area (Å²) < 4.78 is 0. The lowest BCUT2D eigenvalue weighted by Crippen LogP contribution is -2.39. The van der Waals surface area contributed by atoms with Gasteiger partial charge in [0.05, 0.1) is 17.6 Å². The smallest absolute Gasteiger partial charge is 0.222 e. The van der Waals surface area contributed by atoms with Gasteiger partial charge in [-0.2, -0.15) is 0 Å². The molecule has 1 amide bonds. The van der Waals surface area contributed by atoms with E-state index in [0.717, 1.165) is 42.9 Å². The summed E-state index contributed by atoms with van der Waals surface area (Å²) in [6, 6.07) is 10.1. The molecule has 0 bridgehead atoms. The van der Waals surface area contributed by atoms with Crippen LogP contribution in [0, 0.1) is 5.92 Å². The van der Waals surface area contributed by atoms with Crippen LogP contribution < -0.4 is 10.2 Å². The molecule has 22 heavy (non-hydrogen) atoms. The zero-order chi connectivity index (χ0) is 15.4. The largest absolute Gasteiger partial charge is 0.368 e. The Bertz CT molecular complexity index is 636. The van der Waals surface area contributed by atoms with Crippen molar-refractivity contribution in [2.24, 2.45) is 5.92 Å². The molecule has 3 rings (SSSR count). The Kier molecular flexibility index (Phi) is 4.32. The monoisotopic (exact) mass is 296 g/mol. The first kappa shape index (κ1) is 14.5. The number of carbonyl (C=O) groups excluding carboxylic acids is 1. The molecule has 114 valence electrons. The molecule has 0 aliphatic carbocycles. The summed E-state index contributed by atoms with van der Waals surface area (Å²) >= 11 is 0. The van der Waals surface area contributed by atoms with Gasteiger partial charge in [-0.15, -0.1) is 0 Å². The summed E-state index contributed by atoms with van der Waals surface area (Å²) in [7, 11) is 1.70. The molecule has 1 aromatic carbocycles. The average Bonchev–Trinajstić information content (AvgIpc) is 2.62. The lowest BCUT2D eigenvalue weighted by atomic mass is 9.95. The fourth-order valence-corrected chi connectivity index (χ4v) is 2.96. The number of benzene rings is 1. The van der Waals surface area contributed by atoms with Crippen molar-refractivity contribution in [3.63, 3.8) is 0 Å². The van der Waals surface area contributed by atoms with Crippen molar-refractivity contribution in [1.82, 2.24) is 15.3 Å². The highest BCUT2D eigenvalue weighted by molar-refractivity contribution is 5.79. The van der Waals surface area contributed by atoms with Gasteiger partial charge in [0.15, 0.2) is 0 Å². The lowest BCUT2D eigenvalue weighted by molar-refractivity contribution is -0.125. The Labute approximate surface area is 130 Å². The van der Waals surface area contributed by atoms with Crippen molar-refractivity contribution in [2.45, 2.75) is 12.8 Å². The number of amides is 1. The number of hydrogen-bond acceptors (Lipinski definition) is 4. The summed E-state index contributed by atoms with van der Waals surface area (Å²) in [5.74, 6) is 0.262. The van der Waals surface area contributed by atoms with Crippen molar-refractivity contribution in [3.8, 4) is 11.3 Å². The molecule has 0 spiro atoms. The Morgan fingerprint density at radius 1 is 1.23 bits per heavy atom. The Morgan fingerprint density at radius 2 is 1.95 bits per heavy atom.